The van der Waals surface area contributed by atoms with Crippen LogP contribution in [0.2, 0.25) is 0 Å². The van der Waals surface area contributed by atoms with Gasteiger partial charge in [-0.2, -0.15) is 0 Å². The Morgan fingerprint density at radius 3 is 2.50 bits per heavy atom. The molecular weight excluding hydrogens is 404 g/mol. The number of carbonyl (C=O) groups is 2. The number of aryl methyl sites for hydroxylation is 1. The molecule has 0 aromatic heterocycles. The van der Waals surface area contributed by atoms with Gasteiger partial charge in [-0.1, -0.05) is 49.7 Å². The first-order valence-corrected chi connectivity index (χ1v) is 11.3. The Labute approximate surface area is 176 Å². The highest BCUT2D eigenvalue weighted by atomic mass is 32.2. The molecule has 0 bridgehead atoms. The van der Waals surface area contributed by atoms with E-state index in [0.717, 1.165) is 24.8 Å². The Morgan fingerprint density at radius 2 is 1.80 bits per heavy atom. The van der Waals surface area contributed by atoms with Crippen LogP contribution in [-0.4, -0.2) is 38.7 Å². The Hall–Kier alpha value is -3.00. The second-order valence-electron chi connectivity index (χ2n) is 7.09. The quantitative estimate of drug-likeness (QED) is 0.515. The number of nitrogens with one attached hydrogen (secondary N) is 1. The number of ether oxygens (including phenoxy) is 1. The van der Waals surface area contributed by atoms with Crippen LogP contribution in [0.3, 0.4) is 0 Å². The summed E-state index contributed by atoms with van der Waals surface area (Å²) < 4.78 is 31.7. The van der Waals surface area contributed by atoms with Crippen molar-refractivity contribution < 1.29 is 22.7 Å². The molecule has 1 N–H and O–H groups in total. The molecule has 0 unspecified atom stereocenters. The highest BCUT2D eigenvalue weighted by molar-refractivity contribution is 7.90. The van der Waals surface area contributed by atoms with Gasteiger partial charge in [0.25, 0.3) is 10.0 Å². The van der Waals surface area contributed by atoms with E-state index < -0.39 is 28.6 Å². The number of hydrogen-bond donors (Lipinski definition) is 1. The fraction of sp³-hybridized carbons (Fsp3) is 0.318. The van der Waals surface area contributed by atoms with Gasteiger partial charge in [-0.05, 0) is 37.5 Å². The third kappa shape index (κ3) is 4.94. The molecule has 2 aromatic rings. The van der Waals surface area contributed by atoms with Gasteiger partial charge in [0.2, 0.25) is 0 Å². The number of sulfonamides is 1. The van der Waals surface area contributed by atoms with Gasteiger partial charge in [-0.15, -0.1) is 0 Å². The molecule has 2 aromatic carbocycles. The summed E-state index contributed by atoms with van der Waals surface area (Å²) in [6.07, 6.45) is 3.16. The van der Waals surface area contributed by atoms with Crippen LogP contribution in [-0.2, 0) is 26.0 Å². The first-order chi connectivity index (χ1) is 14.3. The van der Waals surface area contributed by atoms with E-state index in [1.165, 1.54) is 13.0 Å². The molecule has 1 atom stereocenters. The van der Waals surface area contributed by atoms with E-state index in [-0.39, 0.29) is 16.5 Å². The second kappa shape index (κ2) is 9.21. The van der Waals surface area contributed by atoms with E-state index in [9.17, 15) is 18.0 Å². The van der Waals surface area contributed by atoms with Gasteiger partial charge in [-0.25, -0.2) is 13.2 Å². The average Bonchev–Trinajstić information content (AvgIpc) is 3.00. The van der Waals surface area contributed by atoms with Crippen molar-refractivity contribution in [3.63, 3.8) is 0 Å². The SMILES string of the molecule is CCCCc1ccc(C(=O)COC(=O)[C@H](C)N=C2NS(=O)(=O)c3ccccc32)cc1. The maximum atomic E-state index is 12.3. The van der Waals surface area contributed by atoms with Gasteiger partial charge >= 0.3 is 5.97 Å². The number of ketones is 1. The number of hydrogen-bond acceptors (Lipinski definition) is 6. The predicted octanol–water partition coefficient (Wildman–Crippen LogP) is 2.88. The molecule has 0 saturated heterocycles. The molecule has 1 heterocycles. The lowest BCUT2D eigenvalue weighted by Crippen LogP contribution is -2.27. The number of aliphatic imine (C=N–C) groups is 1. The lowest BCUT2D eigenvalue weighted by molar-refractivity contribution is -0.143. The normalized spacial score (nSPS) is 16.5. The zero-order chi connectivity index (χ0) is 21.7. The minimum atomic E-state index is -3.68. The maximum Gasteiger partial charge on any atom is 0.331 e. The van der Waals surface area contributed by atoms with Crippen LogP contribution in [0.4, 0.5) is 0 Å². The van der Waals surface area contributed by atoms with E-state index in [1.807, 2.05) is 12.1 Å². The van der Waals surface area contributed by atoms with Gasteiger partial charge in [0.15, 0.2) is 12.4 Å². The zero-order valence-corrected chi connectivity index (χ0v) is 17.7. The van der Waals surface area contributed by atoms with Gasteiger partial charge in [0.1, 0.15) is 11.9 Å². The first-order valence-electron chi connectivity index (χ1n) is 9.80. The van der Waals surface area contributed by atoms with Gasteiger partial charge in [0.05, 0.1) is 4.90 Å². The number of carbonyl (C=O) groups excluding carboxylic acids is 2. The highest BCUT2D eigenvalue weighted by Gasteiger charge is 2.31. The van der Waals surface area contributed by atoms with Crippen molar-refractivity contribution in [3.05, 3.63) is 65.2 Å². The fourth-order valence-electron chi connectivity index (χ4n) is 3.05. The Kier molecular flexibility index (Phi) is 6.66. The highest BCUT2D eigenvalue weighted by Crippen LogP contribution is 2.22. The van der Waals surface area contributed by atoms with Crippen LogP contribution in [0.25, 0.3) is 0 Å². The first kappa shape index (κ1) is 21.7. The summed E-state index contributed by atoms with van der Waals surface area (Å²) in [7, 11) is -3.68. The summed E-state index contributed by atoms with van der Waals surface area (Å²) in [6, 6.07) is 12.7. The van der Waals surface area contributed by atoms with Crippen LogP contribution in [0.1, 0.15) is 48.2 Å². The van der Waals surface area contributed by atoms with E-state index >= 15 is 0 Å². The number of fused-ring (bicyclic) bond motifs is 1. The number of nitrogens with zero attached hydrogens (tertiary/aromatic N) is 1. The molecule has 1 aliphatic rings. The molecule has 3 rings (SSSR count). The molecule has 0 saturated carbocycles. The van der Waals surface area contributed by atoms with E-state index in [4.69, 9.17) is 4.74 Å². The Bertz CT molecular complexity index is 1070. The molecule has 1 aliphatic heterocycles. The molecule has 8 heteroatoms. The third-order valence-electron chi connectivity index (χ3n) is 4.77. The lowest BCUT2D eigenvalue weighted by atomic mass is 10.0. The fourth-order valence-corrected chi connectivity index (χ4v) is 4.29. The minimum absolute atomic E-state index is 0.0871. The van der Waals surface area contributed by atoms with Crippen LogP contribution in [0, 0.1) is 0 Å². The molecule has 0 spiro atoms. The zero-order valence-electron chi connectivity index (χ0n) is 16.9. The molecular formula is C22H24N2O5S. The van der Waals surface area contributed by atoms with Crippen LogP contribution in [0.15, 0.2) is 58.4 Å². The molecule has 0 aliphatic carbocycles. The molecule has 0 fully saturated rings. The smallest absolute Gasteiger partial charge is 0.331 e. The molecule has 7 nitrogen and oxygen atoms in total. The van der Waals surface area contributed by atoms with Gasteiger partial charge in [-0.3, -0.25) is 14.5 Å². The number of Topliss-reactive ketones (excluding diaryl/α,β-unsaturated/α-hetero) is 1. The van der Waals surface area contributed by atoms with Crippen molar-refractivity contribution in [2.75, 3.05) is 6.61 Å². The lowest BCUT2D eigenvalue weighted by Gasteiger charge is -2.09. The summed E-state index contributed by atoms with van der Waals surface area (Å²) in [5, 5.41) is 0. The van der Waals surface area contributed by atoms with Crippen LogP contribution in [0.5, 0.6) is 0 Å². The van der Waals surface area contributed by atoms with E-state index in [1.54, 1.807) is 30.3 Å². The van der Waals surface area contributed by atoms with Crippen molar-refractivity contribution in [1.82, 2.24) is 4.72 Å². The number of unbranched alkanes of at least 4 members (excludes halogenated alkanes) is 1. The van der Waals surface area contributed by atoms with Gasteiger partial charge in [0, 0.05) is 11.1 Å². The molecule has 158 valence electrons. The van der Waals surface area contributed by atoms with Crippen molar-refractivity contribution in [1.29, 1.82) is 0 Å². The van der Waals surface area contributed by atoms with E-state index in [2.05, 4.69) is 16.6 Å². The van der Waals surface area contributed by atoms with Crippen molar-refractivity contribution in [3.8, 4) is 0 Å². The molecule has 0 amide bonds. The van der Waals surface area contributed by atoms with Crippen molar-refractivity contribution in [2.24, 2.45) is 4.99 Å². The Morgan fingerprint density at radius 1 is 1.10 bits per heavy atom. The molecule has 30 heavy (non-hydrogen) atoms. The summed E-state index contributed by atoms with van der Waals surface area (Å²) in [4.78, 5) is 28.8. The summed E-state index contributed by atoms with van der Waals surface area (Å²) >= 11 is 0. The number of benzene rings is 2. The van der Waals surface area contributed by atoms with E-state index in [0.29, 0.717) is 11.1 Å². The van der Waals surface area contributed by atoms with Crippen molar-refractivity contribution in [2.45, 2.75) is 44.0 Å². The van der Waals surface area contributed by atoms with Crippen LogP contribution < -0.4 is 4.72 Å². The predicted molar refractivity (Wildman–Crippen MR) is 113 cm³/mol. The summed E-state index contributed by atoms with van der Waals surface area (Å²) in [5.41, 5.74) is 2.03. The summed E-state index contributed by atoms with van der Waals surface area (Å²) in [6.45, 7) is 3.21. The number of esters is 1. The number of amidine groups is 1. The third-order valence-corrected chi connectivity index (χ3v) is 6.16. The Balaban J connectivity index is 1.60. The van der Waals surface area contributed by atoms with Crippen LogP contribution >= 0.6 is 0 Å². The topological polar surface area (TPSA) is 102 Å². The van der Waals surface area contributed by atoms with Gasteiger partial charge < -0.3 is 4.74 Å². The second-order valence-corrected chi connectivity index (χ2v) is 8.74. The standard InChI is InChI=1S/C22H24N2O5S/c1-3-4-7-16-10-12-17(13-11-16)19(25)14-29-22(26)15(2)23-21-18-8-5-6-9-20(18)30(27,28)24-21/h5-6,8-13,15H,3-4,7,14H2,1-2H3,(H,23,24)/t15-/m0/s1. The minimum Gasteiger partial charge on any atom is -0.456 e. The molecule has 0 radical (unpaired) electrons. The average molecular weight is 429 g/mol. The summed E-state index contributed by atoms with van der Waals surface area (Å²) in [5.74, 6) is -0.930. The maximum absolute atomic E-state index is 12.3. The monoisotopic (exact) mass is 428 g/mol. The van der Waals surface area contributed by atoms with Crippen molar-refractivity contribution >= 4 is 27.6 Å². The number of rotatable bonds is 8. The largest absolute Gasteiger partial charge is 0.456 e.